The molecule has 0 bridgehead atoms. The normalized spacial score (nSPS) is 11.0. The lowest BCUT2D eigenvalue weighted by Crippen LogP contribution is -2.15. The number of carbonyl (C=O) groups is 1. The molecule has 0 atom stereocenters. The molecule has 0 aliphatic heterocycles. The number of benzene rings is 2. The molecule has 8 heteroatoms. The number of anilines is 1. The second-order valence-corrected chi connectivity index (χ2v) is 7.33. The zero-order chi connectivity index (χ0) is 22.0. The van der Waals surface area contributed by atoms with Gasteiger partial charge in [-0.2, -0.15) is 10.2 Å². The van der Waals surface area contributed by atoms with Crippen molar-refractivity contribution in [3.05, 3.63) is 94.3 Å². The van der Waals surface area contributed by atoms with Gasteiger partial charge < -0.3 is 5.32 Å². The molecule has 1 amide bonds. The monoisotopic (exact) mass is 417 g/mol. The number of carbonyl (C=O) groups excluding carboxylic acids is 1. The molecule has 2 heterocycles. The van der Waals surface area contributed by atoms with E-state index >= 15 is 0 Å². The Labute approximate surface area is 177 Å². The highest BCUT2D eigenvalue weighted by molar-refractivity contribution is 6.05. The van der Waals surface area contributed by atoms with Crippen molar-refractivity contribution in [2.24, 2.45) is 0 Å². The zero-order valence-electron chi connectivity index (χ0n) is 17.0. The number of halogens is 1. The summed E-state index contributed by atoms with van der Waals surface area (Å²) in [5.41, 5.74) is 3.47. The molecule has 4 rings (SSSR count). The van der Waals surface area contributed by atoms with Crippen LogP contribution in [0.15, 0.2) is 71.7 Å². The molecule has 2 aromatic heterocycles. The number of aromatic amines is 1. The Morgan fingerprint density at radius 3 is 2.55 bits per heavy atom. The molecular weight excluding hydrogens is 397 g/mol. The van der Waals surface area contributed by atoms with Gasteiger partial charge in [0.15, 0.2) is 0 Å². The third-order valence-electron chi connectivity index (χ3n) is 4.76. The minimum Gasteiger partial charge on any atom is -0.322 e. The van der Waals surface area contributed by atoms with Crippen molar-refractivity contribution in [2.75, 3.05) is 5.32 Å². The van der Waals surface area contributed by atoms with Gasteiger partial charge in [-0.05, 0) is 48.4 Å². The van der Waals surface area contributed by atoms with E-state index in [9.17, 15) is 14.0 Å². The standard InChI is InChI=1S/C23H20FN5O2/c1-14(2)22-19(13-25-29(22)18-8-6-16(24)7-9-18)23(31)26-17-5-3-4-15(12-17)20-10-11-21(30)28-27-20/h3-14H,1-2H3,(H,26,31)(H,28,30). The van der Waals surface area contributed by atoms with Gasteiger partial charge in [0, 0.05) is 17.3 Å². The molecular formula is C23H20FN5O2. The fourth-order valence-electron chi connectivity index (χ4n) is 3.34. The minimum absolute atomic E-state index is 0.00461. The molecule has 31 heavy (non-hydrogen) atoms. The van der Waals surface area contributed by atoms with Gasteiger partial charge in [-0.15, -0.1) is 0 Å². The van der Waals surface area contributed by atoms with E-state index in [1.54, 1.807) is 41.1 Å². The number of aromatic nitrogens is 4. The zero-order valence-corrected chi connectivity index (χ0v) is 17.0. The number of amides is 1. The van der Waals surface area contributed by atoms with Crippen LogP contribution in [0.3, 0.4) is 0 Å². The summed E-state index contributed by atoms with van der Waals surface area (Å²) in [6.45, 7) is 3.94. The van der Waals surface area contributed by atoms with Crippen molar-refractivity contribution in [3.63, 3.8) is 0 Å². The Balaban J connectivity index is 1.63. The number of nitrogens with zero attached hydrogens (tertiary/aromatic N) is 3. The largest absolute Gasteiger partial charge is 0.322 e. The summed E-state index contributed by atoms with van der Waals surface area (Å²) >= 11 is 0. The van der Waals surface area contributed by atoms with Crippen molar-refractivity contribution in [3.8, 4) is 16.9 Å². The fourth-order valence-corrected chi connectivity index (χ4v) is 3.34. The molecule has 0 aliphatic carbocycles. The highest BCUT2D eigenvalue weighted by atomic mass is 19.1. The van der Waals surface area contributed by atoms with Crippen molar-refractivity contribution in [2.45, 2.75) is 19.8 Å². The van der Waals surface area contributed by atoms with Crippen LogP contribution in [0.5, 0.6) is 0 Å². The van der Waals surface area contributed by atoms with Crippen molar-refractivity contribution < 1.29 is 9.18 Å². The van der Waals surface area contributed by atoms with E-state index in [0.717, 1.165) is 11.3 Å². The van der Waals surface area contributed by atoms with E-state index in [1.165, 1.54) is 24.4 Å². The summed E-state index contributed by atoms with van der Waals surface area (Å²) < 4.78 is 14.9. The van der Waals surface area contributed by atoms with Crippen LogP contribution in [0, 0.1) is 5.82 Å². The maximum atomic E-state index is 13.3. The van der Waals surface area contributed by atoms with Crippen molar-refractivity contribution in [1.82, 2.24) is 20.0 Å². The van der Waals surface area contributed by atoms with Gasteiger partial charge in [-0.25, -0.2) is 14.2 Å². The summed E-state index contributed by atoms with van der Waals surface area (Å²) in [5, 5.41) is 13.7. The molecule has 0 unspecified atom stereocenters. The Morgan fingerprint density at radius 2 is 1.87 bits per heavy atom. The number of nitrogens with one attached hydrogen (secondary N) is 2. The predicted molar refractivity (Wildman–Crippen MR) is 116 cm³/mol. The number of rotatable bonds is 5. The summed E-state index contributed by atoms with van der Waals surface area (Å²) in [5.74, 6) is -0.634. The van der Waals surface area contributed by atoms with Crippen LogP contribution in [-0.2, 0) is 0 Å². The molecule has 156 valence electrons. The third kappa shape index (κ3) is 4.28. The third-order valence-corrected chi connectivity index (χ3v) is 4.76. The first-order valence-electron chi connectivity index (χ1n) is 9.74. The molecule has 0 saturated carbocycles. The Bertz CT molecular complexity index is 1270. The summed E-state index contributed by atoms with van der Waals surface area (Å²) in [4.78, 5) is 24.3. The van der Waals surface area contributed by atoms with Crippen molar-refractivity contribution >= 4 is 11.6 Å². The van der Waals surface area contributed by atoms with Gasteiger partial charge >= 0.3 is 0 Å². The van der Waals surface area contributed by atoms with Crippen LogP contribution >= 0.6 is 0 Å². The first-order valence-corrected chi connectivity index (χ1v) is 9.74. The van der Waals surface area contributed by atoms with Crippen LogP contribution in [0.25, 0.3) is 16.9 Å². The first-order chi connectivity index (χ1) is 14.9. The molecule has 0 radical (unpaired) electrons. The van der Waals surface area contributed by atoms with E-state index in [2.05, 4.69) is 20.6 Å². The van der Waals surface area contributed by atoms with E-state index < -0.39 is 0 Å². The van der Waals surface area contributed by atoms with E-state index in [-0.39, 0.29) is 23.2 Å². The van der Waals surface area contributed by atoms with Crippen LogP contribution in [0.4, 0.5) is 10.1 Å². The molecule has 2 aromatic carbocycles. The molecule has 0 fully saturated rings. The number of hydrogen-bond acceptors (Lipinski definition) is 4. The second-order valence-electron chi connectivity index (χ2n) is 7.33. The van der Waals surface area contributed by atoms with Gasteiger partial charge in [0.2, 0.25) is 0 Å². The molecule has 4 aromatic rings. The number of H-pyrrole nitrogens is 1. The average molecular weight is 417 g/mol. The van der Waals surface area contributed by atoms with Crippen LogP contribution in [0.2, 0.25) is 0 Å². The lowest BCUT2D eigenvalue weighted by Gasteiger charge is -2.13. The number of hydrogen-bond donors (Lipinski definition) is 2. The van der Waals surface area contributed by atoms with Gasteiger partial charge in [0.25, 0.3) is 11.5 Å². The smallest absolute Gasteiger partial charge is 0.264 e. The van der Waals surface area contributed by atoms with E-state index in [1.807, 2.05) is 19.9 Å². The van der Waals surface area contributed by atoms with Gasteiger partial charge in [-0.1, -0.05) is 26.0 Å². The van der Waals surface area contributed by atoms with Gasteiger partial charge in [0.1, 0.15) is 5.82 Å². The van der Waals surface area contributed by atoms with Gasteiger partial charge in [0.05, 0.1) is 28.8 Å². The Hall–Kier alpha value is -4.07. The second kappa shape index (κ2) is 8.35. The average Bonchev–Trinajstić information content (AvgIpc) is 3.21. The summed E-state index contributed by atoms with van der Waals surface area (Å²) in [6.07, 6.45) is 1.52. The molecule has 7 nitrogen and oxygen atoms in total. The van der Waals surface area contributed by atoms with Crippen LogP contribution in [0.1, 0.15) is 35.8 Å². The van der Waals surface area contributed by atoms with E-state index in [0.29, 0.717) is 22.6 Å². The van der Waals surface area contributed by atoms with E-state index in [4.69, 9.17) is 0 Å². The SMILES string of the molecule is CC(C)c1c(C(=O)Nc2cccc(-c3ccc(=O)[nH]n3)c2)cnn1-c1ccc(F)cc1. The highest BCUT2D eigenvalue weighted by Gasteiger charge is 2.21. The lowest BCUT2D eigenvalue weighted by atomic mass is 10.0. The fraction of sp³-hybridized carbons (Fsp3) is 0.130. The van der Waals surface area contributed by atoms with Crippen molar-refractivity contribution in [1.29, 1.82) is 0 Å². The first kappa shape index (κ1) is 20.2. The molecule has 0 aliphatic rings. The quantitative estimate of drug-likeness (QED) is 0.511. The predicted octanol–water partition coefficient (Wildman–Crippen LogP) is 4.14. The molecule has 2 N–H and O–H groups in total. The minimum atomic E-state index is -0.336. The molecule has 0 spiro atoms. The highest BCUT2D eigenvalue weighted by Crippen LogP contribution is 2.25. The topological polar surface area (TPSA) is 92.7 Å². The van der Waals surface area contributed by atoms with Crippen LogP contribution < -0.4 is 10.9 Å². The van der Waals surface area contributed by atoms with Gasteiger partial charge in [-0.3, -0.25) is 9.59 Å². The van der Waals surface area contributed by atoms with Crippen LogP contribution in [-0.4, -0.2) is 25.9 Å². The Kier molecular flexibility index (Phi) is 5.44. The Morgan fingerprint density at radius 1 is 1.10 bits per heavy atom. The maximum Gasteiger partial charge on any atom is 0.264 e. The summed E-state index contributed by atoms with van der Waals surface area (Å²) in [7, 11) is 0. The molecule has 0 saturated heterocycles. The lowest BCUT2D eigenvalue weighted by molar-refractivity contribution is 0.102. The maximum absolute atomic E-state index is 13.3. The summed E-state index contributed by atoms with van der Waals surface area (Å²) in [6, 6.07) is 16.1.